The third kappa shape index (κ3) is 2.44. The summed E-state index contributed by atoms with van der Waals surface area (Å²) >= 11 is 0. The summed E-state index contributed by atoms with van der Waals surface area (Å²) < 4.78 is 0. The van der Waals surface area contributed by atoms with Crippen molar-refractivity contribution in [2.75, 3.05) is 13.2 Å². The van der Waals surface area contributed by atoms with Gasteiger partial charge in [0.15, 0.2) is 11.6 Å². The lowest BCUT2D eigenvalue weighted by Crippen LogP contribution is -2.17. The summed E-state index contributed by atoms with van der Waals surface area (Å²) in [5.74, 6) is -2.28. The van der Waals surface area contributed by atoms with Gasteiger partial charge in [-0.05, 0) is 6.92 Å². The first-order valence-corrected chi connectivity index (χ1v) is 3.22. The van der Waals surface area contributed by atoms with E-state index in [9.17, 15) is 9.59 Å². The van der Waals surface area contributed by atoms with Gasteiger partial charge < -0.3 is 15.3 Å². The Morgan fingerprint density at radius 2 is 1.67 bits per heavy atom. The molecule has 0 aromatic carbocycles. The van der Waals surface area contributed by atoms with Gasteiger partial charge in [-0.3, -0.25) is 9.59 Å². The molecule has 0 aromatic heterocycles. The number of hydrogen-bond donors (Lipinski definition) is 3. The second-order valence-electron chi connectivity index (χ2n) is 2.12. The Morgan fingerprint density at radius 3 is 1.92 bits per heavy atom. The van der Waals surface area contributed by atoms with Gasteiger partial charge in [0, 0.05) is 0 Å². The normalized spacial score (nSPS) is 12.2. The maximum Gasteiger partial charge on any atom is 0.195 e. The van der Waals surface area contributed by atoms with E-state index in [0.29, 0.717) is 0 Å². The van der Waals surface area contributed by atoms with Crippen molar-refractivity contribution in [3.63, 3.8) is 0 Å². The van der Waals surface area contributed by atoms with E-state index >= 15 is 0 Å². The fourth-order valence-corrected chi connectivity index (χ4v) is 0.719. The summed E-state index contributed by atoms with van der Waals surface area (Å²) in [7, 11) is 0. The van der Waals surface area contributed by atoms with Crippen molar-refractivity contribution in [2.45, 2.75) is 6.92 Å². The smallest absolute Gasteiger partial charge is 0.195 e. The molecule has 0 bridgehead atoms. The molecule has 0 amide bonds. The summed E-state index contributed by atoms with van der Waals surface area (Å²) in [4.78, 5) is 21.4. The second kappa shape index (κ2) is 4.63. The largest absolute Gasteiger partial charge is 0.509 e. The summed E-state index contributed by atoms with van der Waals surface area (Å²) in [5, 5.41) is 25.6. The molecular weight excluding hydrogens is 164 g/mol. The Kier molecular flexibility index (Phi) is 4.17. The van der Waals surface area contributed by atoms with E-state index < -0.39 is 36.1 Å². The number of carbonyl (C=O) groups is 2. The van der Waals surface area contributed by atoms with Crippen molar-refractivity contribution < 1.29 is 24.9 Å². The van der Waals surface area contributed by atoms with E-state index in [4.69, 9.17) is 15.3 Å². The first kappa shape index (κ1) is 10.8. The highest BCUT2D eigenvalue weighted by molar-refractivity contribution is 6.20. The minimum Gasteiger partial charge on any atom is -0.509 e. The third-order valence-corrected chi connectivity index (χ3v) is 1.21. The second-order valence-corrected chi connectivity index (χ2v) is 2.12. The molecule has 0 fully saturated rings. The zero-order chi connectivity index (χ0) is 9.72. The van der Waals surface area contributed by atoms with Gasteiger partial charge in [0.05, 0.1) is 0 Å². The zero-order valence-corrected chi connectivity index (χ0v) is 6.57. The van der Waals surface area contributed by atoms with Crippen molar-refractivity contribution >= 4 is 11.6 Å². The molecule has 0 aliphatic carbocycles. The highest BCUT2D eigenvalue weighted by Gasteiger charge is 2.18. The number of hydrogen-bond acceptors (Lipinski definition) is 5. The molecule has 12 heavy (non-hydrogen) atoms. The summed E-state index contributed by atoms with van der Waals surface area (Å²) in [6.07, 6.45) is 0. The van der Waals surface area contributed by atoms with Crippen molar-refractivity contribution in [3.8, 4) is 0 Å². The number of carbonyl (C=O) groups excluding carboxylic acids is 2. The molecule has 0 rings (SSSR count). The van der Waals surface area contributed by atoms with Gasteiger partial charge >= 0.3 is 0 Å². The number of rotatable bonds is 4. The molecule has 3 N–H and O–H groups in total. The summed E-state index contributed by atoms with van der Waals surface area (Å²) in [6, 6.07) is 0. The van der Waals surface area contributed by atoms with Gasteiger partial charge in [-0.1, -0.05) is 0 Å². The van der Waals surface area contributed by atoms with Gasteiger partial charge in [0.2, 0.25) is 0 Å². The monoisotopic (exact) mass is 174 g/mol. The standard InChI is InChI=1S/C7H10O5/c1-4(10)7(5(11)2-8)6(12)3-9/h8-9,11H,2-3H2,1H3. The number of Topliss-reactive ketones (excluding diaryl/α,β-unsaturated/α-hetero) is 2. The summed E-state index contributed by atoms with van der Waals surface area (Å²) in [6.45, 7) is -0.589. The number of ketones is 2. The molecule has 0 spiro atoms. The minimum atomic E-state index is -0.894. The highest BCUT2D eigenvalue weighted by atomic mass is 16.3. The summed E-state index contributed by atoms with van der Waals surface area (Å²) in [5.41, 5.74) is -0.542. The quantitative estimate of drug-likeness (QED) is 0.218. The van der Waals surface area contributed by atoms with Crippen LogP contribution in [0.25, 0.3) is 0 Å². The predicted molar refractivity (Wildman–Crippen MR) is 39.5 cm³/mol. The van der Waals surface area contributed by atoms with Gasteiger partial charge in [0.25, 0.3) is 0 Å². The number of aliphatic hydroxyl groups is 3. The third-order valence-electron chi connectivity index (χ3n) is 1.21. The highest BCUT2D eigenvalue weighted by Crippen LogP contribution is 2.03. The van der Waals surface area contributed by atoms with Gasteiger partial charge in [-0.15, -0.1) is 0 Å². The Labute approximate surface area is 68.9 Å². The van der Waals surface area contributed by atoms with E-state index in [-0.39, 0.29) is 0 Å². The van der Waals surface area contributed by atoms with Crippen molar-refractivity contribution in [1.82, 2.24) is 0 Å². The molecule has 5 heteroatoms. The van der Waals surface area contributed by atoms with Crippen LogP contribution < -0.4 is 0 Å². The molecule has 0 aromatic rings. The van der Waals surface area contributed by atoms with Crippen molar-refractivity contribution in [2.24, 2.45) is 0 Å². The maximum atomic E-state index is 10.8. The fourth-order valence-electron chi connectivity index (χ4n) is 0.719. The van der Waals surface area contributed by atoms with E-state index in [0.717, 1.165) is 6.92 Å². The van der Waals surface area contributed by atoms with Crippen LogP contribution in [0.3, 0.4) is 0 Å². The Bertz CT molecular complexity index is 228. The van der Waals surface area contributed by atoms with Crippen LogP contribution in [-0.2, 0) is 9.59 Å². The van der Waals surface area contributed by atoms with Crippen LogP contribution in [0.1, 0.15) is 6.92 Å². The molecule has 5 nitrogen and oxygen atoms in total. The average molecular weight is 174 g/mol. The van der Waals surface area contributed by atoms with Gasteiger partial charge in [0.1, 0.15) is 24.5 Å². The molecule has 0 unspecified atom stereocenters. The molecule has 0 radical (unpaired) electrons. The Hall–Kier alpha value is -1.20. The van der Waals surface area contributed by atoms with Crippen LogP contribution in [0, 0.1) is 0 Å². The maximum absolute atomic E-state index is 10.8. The first-order chi connectivity index (χ1) is 5.54. The first-order valence-electron chi connectivity index (χ1n) is 3.22. The Balaban J connectivity index is 4.91. The van der Waals surface area contributed by atoms with Crippen LogP contribution in [0.5, 0.6) is 0 Å². The molecule has 0 atom stereocenters. The van der Waals surface area contributed by atoms with Crippen LogP contribution in [-0.4, -0.2) is 40.1 Å². The molecule has 0 aliphatic heterocycles. The van der Waals surface area contributed by atoms with Crippen LogP contribution in [0.15, 0.2) is 11.3 Å². The molecule has 0 saturated carbocycles. The van der Waals surface area contributed by atoms with Crippen LogP contribution in [0.4, 0.5) is 0 Å². The zero-order valence-electron chi connectivity index (χ0n) is 6.57. The average Bonchev–Trinajstić information content (AvgIpc) is 2.03. The SMILES string of the molecule is CC(=O)C(C(=O)CO)=C(O)CO. The van der Waals surface area contributed by atoms with Crippen LogP contribution in [0.2, 0.25) is 0 Å². The lowest BCUT2D eigenvalue weighted by atomic mass is 10.1. The molecule has 0 heterocycles. The minimum absolute atomic E-state index is 0.542. The van der Waals surface area contributed by atoms with Gasteiger partial charge in [-0.2, -0.15) is 0 Å². The van der Waals surface area contributed by atoms with E-state index in [1.54, 1.807) is 0 Å². The topological polar surface area (TPSA) is 94.8 Å². The molecule has 0 aliphatic rings. The Morgan fingerprint density at radius 1 is 1.17 bits per heavy atom. The van der Waals surface area contributed by atoms with Crippen molar-refractivity contribution in [1.29, 1.82) is 0 Å². The van der Waals surface area contributed by atoms with E-state index in [1.807, 2.05) is 0 Å². The fraction of sp³-hybridized carbons (Fsp3) is 0.429. The predicted octanol–water partition coefficient (Wildman–Crippen LogP) is -1.06. The molecule has 0 saturated heterocycles. The lowest BCUT2D eigenvalue weighted by Gasteiger charge is -2.02. The number of aliphatic hydroxyl groups excluding tert-OH is 3. The van der Waals surface area contributed by atoms with Crippen molar-refractivity contribution in [3.05, 3.63) is 11.3 Å². The lowest BCUT2D eigenvalue weighted by molar-refractivity contribution is -0.122. The molecule has 68 valence electrons. The van der Waals surface area contributed by atoms with Crippen LogP contribution >= 0.6 is 0 Å². The van der Waals surface area contributed by atoms with Gasteiger partial charge in [-0.25, -0.2) is 0 Å². The molecular formula is C7H10O5. The van der Waals surface area contributed by atoms with E-state index in [1.165, 1.54) is 0 Å². The van der Waals surface area contributed by atoms with E-state index in [2.05, 4.69) is 0 Å².